The van der Waals surface area contributed by atoms with Crippen LogP contribution in [0, 0.1) is 0 Å². The molecule has 19 heavy (non-hydrogen) atoms. The minimum Gasteiger partial charge on any atom is -0.352 e. The summed E-state index contributed by atoms with van der Waals surface area (Å²) in [7, 11) is 0. The third-order valence-electron chi connectivity index (χ3n) is 4.15. The normalized spacial score (nSPS) is 28.6. The Morgan fingerprint density at radius 2 is 1.58 bits per heavy atom. The molecule has 1 atom stereocenters. The lowest BCUT2D eigenvalue weighted by Crippen LogP contribution is -2.49. The average Bonchev–Trinajstić information content (AvgIpc) is 3.15. The van der Waals surface area contributed by atoms with Gasteiger partial charge in [-0.05, 0) is 45.4 Å². The van der Waals surface area contributed by atoms with E-state index in [-0.39, 0.29) is 17.9 Å². The fourth-order valence-electron chi connectivity index (χ4n) is 3.00. The lowest BCUT2D eigenvalue weighted by atomic mass is 9.89. The van der Waals surface area contributed by atoms with Crippen LogP contribution in [-0.4, -0.2) is 40.9 Å². The number of nitrogens with two attached hydrogens (primary N) is 1. The highest BCUT2D eigenvalue weighted by Crippen LogP contribution is 2.33. The smallest absolute Gasteiger partial charge is 0.236 e. The molecular formula is C14H25N3O2. The molecule has 108 valence electrons. The Bertz CT molecular complexity index is 345. The first-order valence-corrected chi connectivity index (χ1v) is 7.34. The molecule has 1 unspecified atom stereocenters. The Morgan fingerprint density at radius 1 is 1.11 bits per heavy atom. The topological polar surface area (TPSA) is 75.4 Å². The molecule has 0 bridgehead atoms. The summed E-state index contributed by atoms with van der Waals surface area (Å²) in [5.41, 5.74) is 5.55. The highest BCUT2D eigenvalue weighted by atomic mass is 16.2. The van der Waals surface area contributed by atoms with Crippen LogP contribution in [0.25, 0.3) is 0 Å². The Morgan fingerprint density at radius 3 is 1.95 bits per heavy atom. The Hall–Kier alpha value is -1.10. The minimum atomic E-state index is -0.446. The lowest BCUT2D eigenvalue weighted by molar-refractivity contribution is -0.133. The third-order valence-corrected chi connectivity index (χ3v) is 4.15. The molecule has 5 nitrogen and oxygen atoms in total. The molecule has 2 saturated carbocycles. The van der Waals surface area contributed by atoms with Gasteiger partial charge in [0.25, 0.3) is 0 Å². The number of amides is 2. The maximum atomic E-state index is 11.7. The summed E-state index contributed by atoms with van der Waals surface area (Å²) in [6, 6.07) is 0.631. The van der Waals surface area contributed by atoms with Crippen LogP contribution in [0.1, 0.15) is 52.4 Å². The van der Waals surface area contributed by atoms with E-state index in [0.717, 1.165) is 38.5 Å². The molecule has 0 aromatic carbocycles. The highest BCUT2D eigenvalue weighted by Gasteiger charge is 2.37. The first kappa shape index (κ1) is 14.3. The Balaban J connectivity index is 1.81. The van der Waals surface area contributed by atoms with Crippen LogP contribution < -0.4 is 11.1 Å². The van der Waals surface area contributed by atoms with Crippen molar-refractivity contribution in [3.63, 3.8) is 0 Å². The molecule has 2 aliphatic carbocycles. The molecule has 3 N–H and O–H groups in total. The van der Waals surface area contributed by atoms with Gasteiger partial charge in [-0.15, -0.1) is 0 Å². The SMILES string of the molecule is CC(=O)N(C1CCC(NC(=O)C(C)N)CC1)C1CC1. The molecule has 2 amide bonds. The number of hydrogen-bond donors (Lipinski definition) is 2. The van der Waals surface area contributed by atoms with Crippen LogP contribution in [0.2, 0.25) is 0 Å². The van der Waals surface area contributed by atoms with Crippen molar-refractivity contribution < 1.29 is 9.59 Å². The van der Waals surface area contributed by atoms with E-state index in [2.05, 4.69) is 10.2 Å². The van der Waals surface area contributed by atoms with Gasteiger partial charge in [0.15, 0.2) is 0 Å². The van der Waals surface area contributed by atoms with E-state index in [1.54, 1.807) is 13.8 Å². The van der Waals surface area contributed by atoms with Crippen molar-refractivity contribution in [2.75, 3.05) is 0 Å². The van der Waals surface area contributed by atoms with Gasteiger partial charge in [0.05, 0.1) is 6.04 Å². The fraction of sp³-hybridized carbons (Fsp3) is 0.857. The van der Waals surface area contributed by atoms with E-state index in [1.165, 1.54) is 0 Å². The number of carbonyl (C=O) groups is 2. The second kappa shape index (κ2) is 5.90. The molecule has 0 aromatic rings. The van der Waals surface area contributed by atoms with Crippen LogP contribution in [0.15, 0.2) is 0 Å². The quantitative estimate of drug-likeness (QED) is 0.790. The van der Waals surface area contributed by atoms with Gasteiger partial charge in [-0.1, -0.05) is 0 Å². The average molecular weight is 267 g/mol. The third kappa shape index (κ3) is 3.69. The zero-order chi connectivity index (χ0) is 14.0. The van der Waals surface area contributed by atoms with Crippen molar-refractivity contribution in [2.24, 2.45) is 5.73 Å². The number of carbonyl (C=O) groups excluding carboxylic acids is 2. The van der Waals surface area contributed by atoms with Crippen LogP contribution in [0.5, 0.6) is 0 Å². The second-order valence-electron chi connectivity index (χ2n) is 5.96. The molecule has 0 aliphatic heterocycles. The van der Waals surface area contributed by atoms with Crippen molar-refractivity contribution >= 4 is 11.8 Å². The predicted octanol–water partition coefficient (Wildman–Crippen LogP) is 0.772. The summed E-state index contributed by atoms with van der Waals surface area (Å²) < 4.78 is 0. The minimum absolute atomic E-state index is 0.0749. The highest BCUT2D eigenvalue weighted by molar-refractivity contribution is 5.81. The number of rotatable bonds is 4. The van der Waals surface area contributed by atoms with Gasteiger partial charge >= 0.3 is 0 Å². The van der Waals surface area contributed by atoms with Gasteiger partial charge in [-0.25, -0.2) is 0 Å². The number of nitrogens with one attached hydrogen (secondary N) is 1. The van der Waals surface area contributed by atoms with Gasteiger partial charge in [0.2, 0.25) is 11.8 Å². The summed E-state index contributed by atoms with van der Waals surface area (Å²) in [5, 5.41) is 2.98. The first-order chi connectivity index (χ1) is 8.99. The summed E-state index contributed by atoms with van der Waals surface area (Å²) in [6.45, 7) is 3.37. The van der Waals surface area contributed by atoms with Gasteiger partial charge < -0.3 is 16.0 Å². The van der Waals surface area contributed by atoms with Crippen LogP contribution >= 0.6 is 0 Å². The molecule has 5 heteroatoms. The monoisotopic (exact) mass is 267 g/mol. The summed E-state index contributed by atoms with van der Waals surface area (Å²) >= 11 is 0. The summed E-state index contributed by atoms with van der Waals surface area (Å²) in [5.74, 6) is 0.125. The molecule has 0 spiro atoms. The predicted molar refractivity (Wildman–Crippen MR) is 73.4 cm³/mol. The van der Waals surface area contributed by atoms with Crippen molar-refractivity contribution in [1.82, 2.24) is 10.2 Å². The summed E-state index contributed by atoms with van der Waals surface area (Å²) in [4.78, 5) is 25.3. The molecule has 0 heterocycles. The van der Waals surface area contributed by atoms with Crippen molar-refractivity contribution in [1.29, 1.82) is 0 Å². The molecular weight excluding hydrogens is 242 g/mol. The molecule has 2 fully saturated rings. The van der Waals surface area contributed by atoms with Crippen LogP contribution in [0.3, 0.4) is 0 Å². The molecule has 0 aromatic heterocycles. The number of hydrogen-bond acceptors (Lipinski definition) is 3. The van der Waals surface area contributed by atoms with Crippen LogP contribution in [-0.2, 0) is 9.59 Å². The van der Waals surface area contributed by atoms with E-state index < -0.39 is 6.04 Å². The Kier molecular flexibility index (Phi) is 4.45. The van der Waals surface area contributed by atoms with Crippen LogP contribution in [0.4, 0.5) is 0 Å². The fourth-order valence-corrected chi connectivity index (χ4v) is 3.00. The van der Waals surface area contributed by atoms with Crippen molar-refractivity contribution in [3.8, 4) is 0 Å². The second-order valence-corrected chi connectivity index (χ2v) is 5.96. The lowest BCUT2D eigenvalue weighted by Gasteiger charge is -2.37. The van der Waals surface area contributed by atoms with Gasteiger partial charge in [-0.2, -0.15) is 0 Å². The molecule has 0 radical (unpaired) electrons. The van der Waals surface area contributed by atoms with Crippen molar-refractivity contribution in [3.05, 3.63) is 0 Å². The van der Waals surface area contributed by atoms with E-state index in [0.29, 0.717) is 12.1 Å². The summed E-state index contributed by atoms with van der Waals surface area (Å²) in [6.07, 6.45) is 6.17. The Labute approximate surface area is 114 Å². The van der Waals surface area contributed by atoms with E-state index in [9.17, 15) is 9.59 Å². The van der Waals surface area contributed by atoms with Crippen molar-refractivity contribution in [2.45, 2.75) is 76.5 Å². The van der Waals surface area contributed by atoms with E-state index >= 15 is 0 Å². The zero-order valence-electron chi connectivity index (χ0n) is 11.9. The molecule has 2 rings (SSSR count). The van der Waals surface area contributed by atoms with E-state index in [1.807, 2.05) is 0 Å². The standard InChI is InChI=1S/C14H25N3O2/c1-9(15)14(19)16-11-3-5-12(6-4-11)17(10(2)18)13-7-8-13/h9,11-13H,3-8,15H2,1-2H3,(H,16,19). The first-order valence-electron chi connectivity index (χ1n) is 7.34. The van der Waals surface area contributed by atoms with Gasteiger partial charge in [-0.3, -0.25) is 9.59 Å². The number of nitrogens with zero attached hydrogens (tertiary/aromatic N) is 1. The van der Waals surface area contributed by atoms with E-state index in [4.69, 9.17) is 5.73 Å². The molecule has 0 saturated heterocycles. The largest absolute Gasteiger partial charge is 0.352 e. The molecule has 2 aliphatic rings. The van der Waals surface area contributed by atoms with Gasteiger partial charge in [0, 0.05) is 25.0 Å². The maximum absolute atomic E-state index is 11.7. The van der Waals surface area contributed by atoms with Gasteiger partial charge in [0.1, 0.15) is 0 Å². The zero-order valence-corrected chi connectivity index (χ0v) is 11.9. The maximum Gasteiger partial charge on any atom is 0.236 e.